The van der Waals surface area contributed by atoms with E-state index >= 15 is 0 Å². The molecule has 0 saturated heterocycles. The van der Waals surface area contributed by atoms with E-state index in [0.29, 0.717) is 6.04 Å². The van der Waals surface area contributed by atoms with E-state index in [2.05, 4.69) is 41.4 Å². The second kappa shape index (κ2) is 7.70. The summed E-state index contributed by atoms with van der Waals surface area (Å²) in [6, 6.07) is 0.445. The quantitative estimate of drug-likeness (QED) is 0.578. The van der Waals surface area contributed by atoms with E-state index in [0.717, 1.165) is 32.0 Å². The number of hydrogen-bond acceptors (Lipinski definition) is 2. The summed E-state index contributed by atoms with van der Waals surface area (Å²) in [6.07, 6.45) is 6.63. The molecule has 1 unspecified atom stereocenters. The van der Waals surface area contributed by atoms with E-state index in [-0.39, 0.29) is 0 Å². The minimum Gasteiger partial charge on any atom is -0.357 e. The molecule has 0 spiro atoms. The number of nitrogens with zero attached hydrogens (tertiary/aromatic N) is 3. The summed E-state index contributed by atoms with van der Waals surface area (Å²) in [7, 11) is 0. The van der Waals surface area contributed by atoms with Crippen molar-refractivity contribution in [1.29, 1.82) is 0 Å². The molecule has 1 atom stereocenters. The maximum absolute atomic E-state index is 4.52. The fourth-order valence-electron chi connectivity index (χ4n) is 1.35. The molecule has 0 saturated carbocycles. The summed E-state index contributed by atoms with van der Waals surface area (Å²) in [5, 5.41) is 6.60. The average Bonchev–Trinajstić information content (AvgIpc) is 2.82. The topological polar surface area (TPSA) is 54.2 Å². The molecule has 96 valence electrons. The summed E-state index contributed by atoms with van der Waals surface area (Å²) in [5.74, 6) is 0.891. The van der Waals surface area contributed by atoms with Gasteiger partial charge in [0, 0.05) is 31.5 Å². The Morgan fingerprint density at radius 1 is 1.47 bits per heavy atom. The largest absolute Gasteiger partial charge is 0.357 e. The van der Waals surface area contributed by atoms with E-state index in [9.17, 15) is 0 Å². The number of aromatic nitrogens is 2. The van der Waals surface area contributed by atoms with Crippen LogP contribution < -0.4 is 10.6 Å². The van der Waals surface area contributed by atoms with Gasteiger partial charge in [0.05, 0.1) is 12.9 Å². The van der Waals surface area contributed by atoms with Crippen molar-refractivity contribution < 1.29 is 0 Å². The van der Waals surface area contributed by atoms with Gasteiger partial charge in [-0.2, -0.15) is 0 Å². The molecule has 0 aliphatic heterocycles. The van der Waals surface area contributed by atoms with Crippen LogP contribution in [0.25, 0.3) is 0 Å². The van der Waals surface area contributed by atoms with Crippen LogP contribution in [-0.4, -0.2) is 34.6 Å². The van der Waals surface area contributed by atoms with E-state index in [1.54, 1.807) is 6.20 Å². The maximum Gasteiger partial charge on any atom is 0.191 e. The van der Waals surface area contributed by atoms with E-state index in [1.807, 2.05) is 17.1 Å². The zero-order valence-electron chi connectivity index (χ0n) is 11.0. The van der Waals surface area contributed by atoms with Gasteiger partial charge >= 0.3 is 0 Å². The molecule has 1 aromatic rings. The van der Waals surface area contributed by atoms with Gasteiger partial charge in [-0.1, -0.05) is 6.92 Å². The van der Waals surface area contributed by atoms with Crippen LogP contribution in [0.1, 0.15) is 27.2 Å². The third kappa shape index (κ3) is 5.38. The standard InChI is InChI=1S/C12H23N5/c1-4-11(3)16-12(14-5-2)15-7-9-17-8-6-13-10-17/h6,8,10-11H,4-5,7,9H2,1-3H3,(H2,14,15,16). The minimum atomic E-state index is 0.445. The van der Waals surface area contributed by atoms with Crippen molar-refractivity contribution in [3.63, 3.8) is 0 Å². The monoisotopic (exact) mass is 237 g/mol. The number of hydrogen-bond donors (Lipinski definition) is 2. The number of guanidine groups is 1. The SMILES string of the molecule is CCNC(=NCCn1ccnc1)NC(C)CC. The molecule has 0 aliphatic carbocycles. The van der Waals surface area contributed by atoms with E-state index in [4.69, 9.17) is 0 Å². The summed E-state index contributed by atoms with van der Waals surface area (Å²) in [6.45, 7) is 8.88. The molecule has 5 heteroatoms. The highest BCUT2D eigenvalue weighted by atomic mass is 15.2. The van der Waals surface area contributed by atoms with Crippen LogP contribution in [0.15, 0.2) is 23.7 Å². The highest BCUT2D eigenvalue weighted by Gasteiger charge is 2.01. The molecule has 5 nitrogen and oxygen atoms in total. The molecular formula is C12H23N5. The zero-order valence-corrected chi connectivity index (χ0v) is 11.0. The highest BCUT2D eigenvalue weighted by molar-refractivity contribution is 5.79. The van der Waals surface area contributed by atoms with Crippen molar-refractivity contribution in [3.05, 3.63) is 18.7 Å². The predicted molar refractivity (Wildman–Crippen MR) is 71.1 cm³/mol. The normalized spacial score (nSPS) is 13.5. The Hall–Kier alpha value is -1.52. The average molecular weight is 237 g/mol. The molecule has 0 radical (unpaired) electrons. The summed E-state index contributed by atoms with van der Waals surface area (Å²) >= 11 is 0. The van der Waals surface area contributed by atoms with Crippen molar-refractivity contribution in [2.45, 2.75) is 39.8 Å². The van der Waals surface area contributed by atoms with Crippen LogP contribution in [0.3, 0.4) is 0 Å². The molecule has 0 amide bonds. The fourth-order valence-corrected chi connectivity index (χ4v) is 1.35. The lowest BCUT2D eigenvalue weighted by Crippen LogP contribution is -2.42. The van der Waals surface area contributed by atoms with Crippen molar-refractivity contribution >= 4 is 5.96 Å². The Labute approximate surface area is 103 Å². The molecular weight excluding hydrogens is 214 g/mol. The number of aliphatic imine (C=N–C) groups is 1. The Kier molecular flexibility index (Phi) is 6.14. The van der Waals surface area contributed by atoms with Gasteiger partial charge in [-0.25, -0.2) is 4.98 Å². The molecule has 1 rings (SSSR count). The number of imidazole rings is 1. The lowest BCUT2D eigenvalue weighted by Gasteiger charge is -2.16. The number of rotatable bonds is 6. The smallest absolute Gasteiger partial charge is 0.191 e. The first-order valence-electron chi connectivity index (χ1n) is 6.26. The molecule has 0 fully saturated rings. The van der Waals surface area contributed by atoms with Gasteiger partial charge in [-0.05, 0) is 20.3 Å². The lowest BCUT2D eigenvalue weighted by molar-refractivity contribution is 0.620. The first-order chi connectivity index (χ1) is 8.26. The third-order valence-corrected chi connectivity index (χ3v) is 2.53. The molecule has 1 aromatic heterocycles. The maximum atomic E-state index is 4.52. The molecule has 0 aliphatic rings. The second-order valence-electron chi connectivity index (χ2n) is 4.01. The van der Waals surface area contributed by atoms with Gasteiger partial charge in [0.15, 0.2) is 5.96 Å². The molecule has 0 aromatic carbocycles. The Morgan fingerprint density at radius 3 is 2.88 bits per heavy atom. The first kappa shape index (κ1) is 13.5. The summed E-state index contributed by atoms with van der Waals surface area (Å²) in [4.78, 5) is 8.52. The molecule has 0 bridgehead atoms. The fraction of sp³-hybridized carbons (Fsp3) is 0.667. The van der Waals surface area contributed by atoms with E-state index < -0.39 is 0 Å². The minimum absolute atomic E-state index is 0.445. The summed E-state index contributed by atoms with van der Waals surface area (Å²) < 4.78 is 2.02. The lowest BCUT2D eigenvalue weighted by atomic mass is 10.3. The van der Waals surface area contributed by atoms with Crippen LogP contribution in [0, 0.1) is 0 Å². The van der Waals surface area contributed by atoms with Crippen molar-refractivity contribution in [2.24, 2.45) is 4.99 Å². The van der Waals surface area contributed by atoms with Crippen LogP contribution in [0.2, 0.25) is 0 Å². The van der Waals surface area contributed by atoms with E-state index in [1.165, 1.54) is 0 Å². The molecule has 1 heterocycles. The second-order valence-corrected chi connectivity index (χ2v) is 4.01. The van der Waals surface area contributed by atoms with Gasteiger partial charge in [-0.15, -0.1) is 0 Å². The summed E-state index contributed by atoms with van der Waals surface area (Å²) in [5.41, 5.74) is 0. The molecule has 2 N–H and O–H groups in total. The molecule has 17 heavy (non-hydrogen) atoms. The van der Waals surface area contributed by atoms with Crippen LogP contribution >= 0.6 is 0 Å². The third-order valence-electron chi connectivity index (χ3n) is 2.53. The van der Waals surface area contributed by atoms with Gasteiger partial charge in [-0.3, -0.25) is 4.99 Å². The Bertz CT molecular complexity index is 318. The van der Waals surface area contributed by atoms with Gasteiger partial charge in [0.1, 0.15) is 0 Å². The first-order valence-corrected chi connectivity index (χ1v) is 6.26. The van der Waals surface area contributed by atoms with Gasteiger partial charge in [0.25, 0.3) is 0 Å². The van der Waals surface area contributed by atoms with Crippen molar-refractivity contribution in [1.82, 2.24) is 20.2 Å². The zero-order chi connectivity index (χ0) is 12.5. The van der Waals surface area contributed by atoms with Crippen LogP contribution in [-0.2, 0) is 6.54 Å². The van der Waals surface area contributed by atoms with Crippen molar-refractivity contribution in [3.8, 4) is 0 Å². The van der Waals surface area contributed by atoms with Gasteiger partial charge in [0.2, 0.25) is 0 Å². The van der Waals surface area contributed by atoms with Crippen LogP contribution in [0.5, 0.6) is 0 Å². The Morgan fingerprint density at radius 2 is 2.29 bits per heavy atom. The Balaban J connectivity index is 2.40. The predicted octanol–water partition coefficient (Wildman–Crippen LogP) is 1.24. The van der Waals surface area contributed by atoms with Crippen LogP contribution in [0.4, 0.5) is 0 Å². The number of nitrogens with one attached hydrogen (secondary N) is 2. The van der Waals surface area contributed by atoms with Gasteiger partial charge < -0.3 is 15.2 Å². The van der Waals surface area contributed by atoms with Crippen molar-refractivity contribution in [2.75, 3.05) is 13.1 Å². The highest BCUT2D eigenvalue weighted by Crippen LogP contribution is 1.89.